The lowest BCUT2D eigenvalue weighted by Gasteiger charge is -2.38. The van der Waals surface area contributed by atoms with Crippen LogP contribution in [0.3, 0.4) is 0 Å². The standard InChI is InChI=1S/C22H24FN5O2/c1-22(2)13-30-18-7-6-15(23)10-14(18)12-27(16-4-3-5-16)20-9-8-19-24-11-17(21(29)25-22)28(19)26-20/h6-11,16H,3-5,12-13H2,1-2H3,(H,25,29). The zero-order valence-corrected chi connectivity index (χ0v) is 17.1. The molecule has 30 heavy (non-hydrogen) atoms. The van der Waals surface area contributed by atoms with Crippen LogP contribution in [0.5, 0.6) is 5.75 Å². The second-order valence-electron chi connectivity index (χ2n) is 8.70. The van der Waals surface area contributed by atoms with Crippen molar-refractivity contribution >= 4 is 17.4 Å². The highest BCUT2D eigenvalue weighted by Crippen LogP contribution is 2.33. The molecule has 1 aromatic carbocycles. The number of ether oxygens (including phenoxy) is 1. The van der Waals surface area contributed by atoms with Crippen LogP contribution in [-0.2, 0) is 6.54 Å². The maximum atomic E-state index is 14.1. The van der Waals surface area contributed by atoms with E-state index in [0.29, 0.717) is 29.7 Å². The Morgan fingerprint density at radius 3 is 2.83 bits per heavy atom. The quantitative estimate of drug-likeness (QED) is 0.668. The van der Waals surface area contributed by atoms with E-state index in [9.17, 15) is 9.18 Å². The van der Waals surface area contributed by atoms with Crippen molar-refractivity contribution in [2.45, 2.75) is 51.2 Å². The SMILES string of the molecule is CC1(C)COc2ccc(F)cc2CN(C2CCC2)c2ccc3ncc(n3n2)C(=O)N1. The van der Waals surface area contributed by atoms with Crippen molar-refractivity contribution in [2.24, 2.45) is 0 Å². The molecule has 1 aliphatic heterocycles. The van der Waals surface area contributed by atoms with Gasteiger partial charge in [-0.2, -0.15) is 0 Å². The number of hydrogen-bond acceptors (Lipinski definition) is 5. The van der Waals surface area contributed by atoms with Crippen molar-refractivity contribution in [3.63, 3.8) is 0 Å². The lowest BCUT2D eigenvalue weighted by atomic mass is 9.91. The molecular weight excluding hydrogens is 385 g/mol. The van der Waals surface area contributed by atoms with Crippen molar-refractivity contribution in [1.29, 1.82) is 0 Å². The van der Waals surface area contributed by atoms with E-state index in [-0.39, 0.29) is 18.3 Å². The molecular formula is C22H24FN5O2. The summed E-state index contributed by atoms with van der Waals surface area (Å²) in [5, 5.41) is 7.74. The number of benzene rings is 1. The van der Waals surface area contributed by atoms with Crippen molar-refractivity contribution in [1.82, 2.24) is 19.9 Å². The molecule has 3 heterocycles. The molecule has 1 amide bonds. The maximum Gasteiger partial charge on any atom is 0.272 e. The van der Waals surface area contributed by atoms with E-state index in [1.54, 1.807) is 10.6 Å². The zero-order valence-electron chi connectivity index (χ0n) is 17.1. The van der Waals surface area contributed by atoms with Crippen LogP contribution >= 0.6 is 0 Å². The minimum absolute atomic E-state index is 0.244. The summed E-state index contributed by atoms with van der Waals surface area (Å²) < 4.78 is 21.7. The monoisotopic (exact) mass is 409 g/mol. The molecule has 1 saturated carbocycles. The van der Waals surface area contributed by atoms with Gasteiger partial charge in [0.1, 0.15) is 24.0 Å². The Bertz CT molecular complexity index is 1120. The minimum atomic E-state index is -0.647. The van der Waals surface area contributed by atoms with E-state index in [4.69, 9.17) is 9.84 Å². The van der Waals surface area contributed by atoms with Gasteiger partial charge in [-0.15, -0.1) is 5.10 Å². The van der Waals surface area contributed by atoms with Gasteiger partial charge >= 0.3 is 0 Å². The molecule has 0 unspecified atom stereocenters. The summed E-state index contributed by atoms with van der Waals surface area (Å²) in [5.74, 6) is 0.773. The van der Waals surface area contributed by atoms with Gasteiger partial charge in [-0.3, -0.25) is 4.79 Å². The largest absolute Gasteiger partial charge is 0.491 e. The van der Waals surface area contributed by atoms with Gasteiger partial charge < -0.3 is 15.0 Å². The number of fused-ring (bicyclic) bond motifs is 2. The van der Waals surface area contributed by atoms with E-state index in [2.05, 4.69) is 15.2 Å². The molecule has 1 N–H and O–H groups in total. The smallest absolute Gasteiger partial charge is 0.272 e. The molecule has 1 aliphatic carbocycles. The van der Waals surface area contributed by atoms with Crippen LogP contribution < -0.4 is 15.0 Å². The Morgan fingerprint density at radius 2 is 2.07 bits per heavy atom. The fourth-order valence-electron chi connectivity index (χ4n) is 3.93. The Labute approximate surface area is 173 Å². The van der Waals surface area contributed by atoms with Crippen LogP contribution in [0.2, 0.25) is 0 Å². The van der Waals surface area contributed by atoms with Gasteiger partial charge in [0, 0.05) is 18.2 Å². The third kappa shape index (κ3) is 3.36. The van der Waals surface area contributed by atoms with Gasteiger partial charge in [-0.1, -0.05) is 0 Å². The number of nitrogens with zero attached hydrogens (tertiary/aromatic N) is 4. The van der Waals surface area contributed by atoms with Gasteiger partial charge in [0.2, 0.25) is 0 Å². The van der Waals surface area contributed by atoms with Crippen LogP contribution in [0.1, 0.15) is 49.2 Å². The Kier molecular flexibility index (Phi) is 4.38. The fourth-order valence-corrected chi connectivity index (χ4v) is 3.93. The highest BCUT2D eigenvalue weighted by molar-refractivity contribution is 5.93. The van der Waals surface area contributed by atoms with E-state index in [1.165, 1.54) is 18.3 Å². The Balaban J connectivity index is 1.66. The summed E-state index contributed by atoms with van der Waals surface area (Å²) in [6.07, 6.45) is 4.80. The van der Waals surface area contributed by atoms with Gasteiger partial charge in [-0.05, 0) is 63.4 Å². The van der Waals surface area contributed by atoms with E-state index >= 15 is 0 Å². The number of amides is 1. The van der Waals surface area contributed by atoms with Crippen molar-refractivity contribution in [3.8, 4) is 5.75 Å². The van der Waals surface area contributed by atoms with Crippen molar-refractivity contribution in [2.75, 3.05) is 11.5 Å². The van der Waals surface area contributed by atoms with E-state index in [0.717, 1.165) is 30.6 Å². The highest BCUT2D eigenvalue weighted by atomic mass is 19.1. The molecule has 1 fully saturated rings. The maximum absolute atomic E-state index is 14.1. The molecule has 0 radical (unpaired) electrons. The van der Waals surface area contributed by atoms with Gasteiger partial charge in [0.05, 0.1) is 11.7 Å². The number of carbonyl (C=O) groups is 1. The van der Waals surface area contributed by atoms with Gasteiger partial charge in [-0.25, -0.2) is 13.9 Å². The highest BCUT2D eigenvalue weighted by Gasteiger charge is 2.30. The number of anilines is 1. The van der Waals surface area contributed by atoms with E-state index in [1.807, 2.05) is 26.0 Å². The molecule has 156 valence electrons. The molecule has 2 aliphatic rings. The molecule has 2 bridgehead atoms. The number of nitrogens with one attached hydrogen (secondary N) is 1. The molecule has 5 rings (SSSR count). The van der Waals surface area contributed by atoms with Crippen LogP contribution in [0.25, 0.3) is 5.65 Å². The lowest BCUT2D eigenvalue weighted by Crippen LogP contribution is -2.48. The van der Waals surface area contributed by atoms with Crippen LogP contribution in [0.4, 0.5) is 10.2 Å². The second-order valence-corrected chi connectivity index (χ2v) is 8.70. The molecule has 0 atom stereocenters. The molecule has 2 aromatic heterocycles. The number of carbonyl (C=O) groups excluding carboxylic acids is 1. The van der Waals surface area contributed by atoms with Gasteiger partial charge in [0.25, 0.3) is 5.91 Å². The van der Waals surface area contributed by atoms with E-state index < -0.39 is 5.54 Å². The molecule has 3 aromatic rings. The molecule has 0 spiro atoms. The lowest BCUT2D eigenvalue weighted by molar-refractivity contribution is 0.0873. The predicted octanol–water partition coefficient (Wildman–Crippen LogP) is 3.33. The Hall–Kier alpha value is -3.16. The number of hydrogen-bond donors (Lipinski definition) is 1. The van der Waals surface area contributed by atoms with Crippen LogP contribution in [0, 0.1) is 5.82 Å². The summed E-state index contributed by atoms with van der Waals surface area (Å²) in [5.41, 5.74) is 1.09. The number of rotatable bonds is 1. The van der Waals surface area contributed by atoms with Gasteiger partial charge in [0.15, 0.2) is 11.3 Å². The van der Waals surface area contributed by atoms with Crippen molar-refractivity contribution in [3.05, 3.63) is 53.6 Å². The number of aromatic nitrogens is 3. The average Bonchev–Trinajstić information content (AvgIpc) is 3.08. The summed E-state index contributed by atoms with van der Waals surface area (Å²) in [4.78, 5) is 19.5. The predicted molar refractivity (Wildman–Crippen MR) is 110 cm³/mol. The zero-order chi connectivity index (χ0) is 20.9. The van der Waals surface area contributed by atoms with Crippen LogP contribution in [0.15, 0.2) is 36.5 Å². The summed E-state index contributed by atoms with van der Waals surface area (Å²) in [6.45, 7) is 4.49. The third-order valence-electron chi connectivity index (χ3n) is 5.79. The third-order valence-corrected chi connectivity index (χ3v) is 5.79. The minimum Gasteiger partial charge on any atom is -0.491 e. The second kappa shape index (κ2) is 6.97. The first-order chi connectivity index (χ1) is 14.4. The molecule has 0 saturated heterocycles. The summed E-state index contributed by atoms with van der Waals surface area (Å²) in [6, 6.07) is 8.66. The number of halogens is 1. The fraction of sp³-hybridized carbons (Fsp3) is 0.409. The number of imidazole rings is 1. The average molecular weight is 409 g/mol. The molecule has 8 heteroatoms. The summed E-state index contributed by atoms with van der Waals surface area (Å²) in [7, 11) is 0. The first-order valence-electron chi connectivity index (χ1n) is 10.2. The summed E-state index contributed by atoms with van der Waals surface area (Å²) >= 11 is 0. The molecule has 7 nitrogen and oxygen atoms in total. The first-order valence-corrected chi connectivity index (χ1v) is 10.2. The van der Waals surface area contributed by atoms with Crippen molar-refractivity contribution < 1.29 is 13.9 Å². The first kappa shape index (κ1) is 18.8. The normalized spacial score (nSPS) is 19.2. The Morgan fingerprint density at radius 1 is 1.23 bits per heavy atom. The topological polar surface area (TPSA) is 71.8 Å². The van der Waals surface area contributed by atoms with Crippen LogP contribution in [-0.4, -0.2) is 38.7 Å².